The van der Waals surface area contributed by atoms with Gasteiger partial charge >= 0.3 is 5.69 Å². The topological polar surface area (TPSA) is 97.6 Å². The highest BCUT2D eigenvalue weighted by Gasteiger charge is 2.28. The summed E-state index contributed by atoms with van der Waals surface area (Å²) >= 11 is 0. The number of ether oxygens (including phenoxy) is 1. The van der Waals surface area contributed by atoms with Gasteiger partial charge in [0.2, 0.25) is 5.82 Å². The molecular formula is C17H17FN4O4. The highest BCUT2D eigenvalue weighted by Crippen LogP contribution is 2.24. The number of hydrogen-bond acceptors (Lipinski definition) is 6. The molecule has 1 aromatic carbocycles. The zero-order valence-electron chi connectivity index (χ0n) is 13.8. The van der Waals surface area contributed by atoms with E-state index in [9.17, 15) is 19.3 Å². The monoisotopic (exact) mass is 360 g/mol. The molecule has 26 heavy (non-hydrogen) atoms. The molecule has 8 nitrogen and oxygen atoms in total. The lowest BCUT2D eigenvalue weighted by atomic mass is 10.1. The van der Waals surface area contributed by atoms with Crippen molar-refractivity contribution >= 4 is 11.6 Å². The Bertz CT molecular complexity index is 803. The van der Waals surface area contributed by atoms with E-state index in [1.165, 1.54) is 6.07 Å². The number of hydrogen-bond donors (Lipinski definition) is 1. The van der Waals surface area contributed by atoms with Crippen LogP contribution in [0.4, 0.5) is 10.1 Å². The van der Waals surface area contributed by atoms with Crippen molar-refractivity contribution in [3.05, 3.63) is 64.2 Å². The summed E-state index contributed by atoms with van der Waals surface area (Å²) in [5, 5.41) is 13.9. The third kappa shape index (κ3) is 3.94. The van der Waals surface area contributed by atoms with Gasteiger partial charge in [-0.15, -0.1) is 0 Å². The third-order valence-corrected chi connectivity index (χ3v) is 4.11. The maximum absolute atomic E-state index is 13.6. The van der Waals surface area contributed by atoms with Crippen LogP contribution in [-0.4, -0.2) is 47.0 Å². The Balaban J connectivity index is 1.67. The first-order valence-corrected chi connectivity index (χ1v) is 8.03. The first-order valence-electron chi connectivity index (χ1n) is 8.03. The summed E-state index contributed by atoms with van der Waals surface area (Å²) in [6.07, 6.45) is 3.38. The van der Waals surface area contributed by atoms with Crippen LogP contribution >= 0.6 is 0 Å². The number of nitro groups is 1. The maximum Gasteiger partial charge on any atom is 0.305 e. The zero-order valence-corrected chi connectivity index (χ0v) is 13.8. The van der Waals surface area contributed by atoms with E-state index in [4.69, 9.17) is 4.74 Å². The zero-order chi connectivity index (χ0) is 18.5. The fourth-order valence-electron chi connectivity index (χ4n) is 2.83. The molecule has 136 valence electrons. The number of halogens is 1. The summed E-state index contributed by atoms with van der Waals surface area (Å²) in [4.78, 5) is 28.2. The van der Waals surface area contributed by atoms with Crippen LogP contribution in [0, 0.1) is 15.9 Å². The minimum absolute atomic E-state index is 0.0644. The van der Waals surface area contributed by atoms with Gasteiger partial charge in [-0.1, -0.05) is 6.07 Å². The number of amides is 1. The fraction of sp³-hybridized carbons (Fsp3) is 0.294. The average Bonchev–Trinajstić information content (AvgIpc) is 2.66. The summed E-state index contributed by atoms with van der Waals surface area (Å²) in [6, 6.07) is 6.73. The van der Waals surface area contributed by atoms with Crippen molar-refractivity contribution in [2.24, 2.45) is 0 Å². The number of carbonyl (C=O) groups is 1. The van der Waals surface area contributed by atoms with Gasteiger partial charge in [-0.2, -0.15) is 4.39 Å². The van der Waals surface area contributed by atoms with E-state index in [2.05, 4.69) is 10.3 Å². The van der Waals surface area contributed by atoms with Gasteiger partial charge in [0.15, 0.2) is 6.61 Å². The predicted molar refractivity (Wildman–Crippen MR) is 90.1 cm³/mol. The number of rotatable bonds is 5. The molecule has 1 unspecified atom stereocenters. The molecule has 2 aromatic rings. The van der Waals surface area contributed by atoms with Crippen LogP contribution < -0.4 is 10.1 Å². The Morgan fingerprint density at radius 1 is 1.46 bits per heavy atom. The normalized spacial score (nSPS) is 17.0. The second-order valence-electron chi connectivity index (χ2n) is 5.75. The molecule has 1 aromatic heterocycles. The molecule has 0 saturated carbocycles. The molecule has 2 heterocycles. The van der Waals surface area contributed by atoms with Crippen molar-refractivity contribution in [2.45, 2.75) is 6.04 Å². The van der Waals surface area contributed by atoms with Crippen LogP contribution in [0.1, 0.15) is 11.6 Å². The van der Waals surface area contributed by atoms with Crippen LogP contribution in [0.25, 0.3) is 0 Å². The van der Waals surface area contributed by atoms with E-state index >= 15 is 0 Å². The molecule has 3 rings (SSSR count). The fourth-order valence-corrected chi connectivity index (χ4v) is 2.83. The smallest absolute Gasteiger partial charge is 0.305 e. The molecular weight excluding hydrogens is 343 g/mol. The SMILES string of the molecule is O=C(COc1ccc([N+](=O)[O-])c(F)c1)N1CCNCC1c1cccnc1. The molecule has 1 saturated heterocycles. The van der Waals surface area contributed by atoms with Crippen molar-refractivity contribution in [1.29, 1.82) is 0 Å². The highest BCUT2D eigenvalue weighted by atomic mass is 19.1. The lowest BCUT2D eigenvalue weighted by molar-refractivity contribution is -0.387. The molecule has 1 amide bonds. The van der Waals surface area contributed by atoms with Gasteiger partial charge in [0, 0.05) is 44.2 Å². The molecule has 1 aliphatic heterocycles. The average molecular weight is 360 g/mol. The largest absolute Gasteiger partial charge is 0.484 e. The molecule has 0 aliphatic carbocycles. The molecule has 0 radical (unpaired) electrons. The summed E-state index contributed by atoms with van der Waals surface area (Å²) in [5.41, 5.74) is 0.275. The van der Waals surface area contributed by atoms with Gasteiger partial charge in [0.1, 0.15) is 5.75 Å². The number of benzene rings is 1. The summed E-state index contributed by atoms with van der Waals surface area (Å²) < 4.78 is 19.0. The lowest BCUT2D eigenvalue weighted by Crippen LogP contribution is -2.50. The summed E-state index contributed by atoms with van der Waals surface area (Å²) in [7, 11) is 0. The number of nitrogens with zero attached hydrogens (tertiary/aromatic N) is 3. The summed E-state index contributed by atoms with van der Waals surface area (Å²) in [6.45, 7) is 1.49. The second-order valence-corrected chi connectivity index (χ2v) is 5.75. The molecule has 1 fully saturated rings. The van der Waals surface area contributed by atoms with Crippen LogP contribution in [-0.2, 0) is 4.79 Å². The van der Waals surface area contributed by atoms with Gasteiger partial charge < -0.3 is 15.0 Å². The van der Waals surface area contributed by atoms with Crippen LogP contribution in [0.15, 0.2) is 42.7 Å². The Labute approximate surface area is 148 Å². The molecule has 0 spiro atoms. The number of carbonyl (C=O) groups excluding carboxylic acids is 1. The van der Waals surface area contributed by atoms with E-state index in [0.717, 1.165) is 17.7 Å². The van der Waals surface area contributed by atoms with Crippen molar-refractivity contribution in [1.82, 2.24) is 15.2 Å². The highest BCUT2D eigenvalue weighted by molar-refractivity contribution is 5.78. The second kappa shape index (κ2) is 7.87. The van der Waals surface area contributed by atoms with Crippen LogP contribution in [0.2, 0.25) is 0 Å². The molecule has 1 aliphatic rings. The quantitative estimate of drug-likeness (QED) is 0.644. The lowest BCUT2D eigenvalue weighted by Gasteiger charge is -2.36. The van der Waals surface area contributed by atoms with Gasteiger partial charge in [-0.05, 0) is 17.7 Å². The maximum atomic E-state index is 13.6. The van der Waals surface area contributed by atoms with Crippen molar-refractivity contribution in [3.8, 4) is 5.75 Å². The molecule has 1 atom stereocenters. The Morgan fingerprint density at radius 3 is 3.00 bits per heavy atom. The first kappa shape index (κ1) is 17.7. The predicted octanol–water partition coefficient (Wildman–Crippen LogP) is 1.68. The minimum Gasteiger partial charge on any atom is -0.484 e. The van der Waals surface area contributed by atoms with E-state index in [1.54, 1.807) is 17.3 Å². The van der Waals surface area contributed by atoms with Gasteiger partial charge in [0.25, 0.3) is 5.91 Å². The van der Waals surface area contributed by atoms with Crippen LogP contribution in [0.5, 0.6) is 5.75 Å². The number of aromatic nitrogens is 1. The number of piperazine rings is 1. The van der Waals surface area contributed by atoms with Crippen molar-refractivity contribution in [3.63, 3.8) is 0 Å². The Morgan fingerprint density at radius 2 is 2.31 bits per heavy atom. The molecule has 1 N–H and O–H groups in total. The van der Waals surface area contributed by atoms with Gasteiger partial charge in [0.05, 0.1) is 11.0 Å². The van der Waals surface area contributed by atoms with Crippen molar-refractivity contribution < 1.29 is 18.8 Å². The molecule has 0 bridgehead atoms. The van der Waals surface area contributed by atoms with Gasteiger partial charge in [-0.25, -0.2) is 0 Å². The molecule has 9 heteroatoms. The summed E-state index contributed by atoms with van der Waals surface area (Å²) in [5.74, 6) is -1.19. The standard InChI is InChI=1S/C17H17FN4O4/c18-14-8-13(3-4-15(14)22(24)25)26-11-17(23)21-7-6-20-10-16(21)12-2-1-5-19-9-12/h1-5,8-9,16,20H,6-7,10-11H2. The Hall–Kier alpha value is -3.07. The Kier molecular flexibility index (Phi) is 5.37. The van der Waals surface area contributed by atoms with Crippen LogP contribution in [0.3, 0.4) is 0 Å². The van der Waals surface area contributed by atoms with E-state index < -0.39 is 16.4 Å². The third-order valence-electron chi connectivity index (χ3n) is 4.11. The first-order chi connectivity index (χ1) is 12.6. The number of nitrogens with one attached hydrogen (secondary N) is 1. The minimum atomic E-state index is -1.00. The number of nitro benzene ring substituents is 1. The van der Waals surface area contributed by atoms with E-state index in [-0.39, 0.29) is 24.3 Å². The van der Waals surface area contributed by atoms with E-state index in [1.807, 2.05) is 12.1 Å². The van der Waals surface area contributed by atoms with E-state index in [0.29, 0.717) is 19.6 Å². The van der Waals surface area contributed by atoms with Gasteiger partial charge in [-0.3, -0.25) is 19.9 Å². The van der Waals surface area contributed by atoms with Crippen molar-refractivity contribution in [2.75, 3.05) is 26.2 Å². The number of pyridine rings is 1.